The summed E-state index contributed by atoms with van der Waals surface area (Å²) < 4.78 is 4.77. The Kier molecular flexibility index (Phi) is 6.73. The summed E-state index contributed by atoms with van der Waals surface area (Å²) in [6, 6.07) is 5.30. The van der Waals surface area contributed by atoms with Crippen LogP contribution in [0.2, 0.25) is 5.02 Å². The van der Waals surface area contributed by atoms with Crippen LogP contribution in [-0.4, -0.2) is 30.0 Å². The number of benzene rings is 1. The van der Waals surface area contributed by atoms with Crippen LogP contribution in [0.3, 0.4) is 0 Å². The van der Waals surface area contributed by atoms with Gasteiger partial charge in [0.2, 0.25) is 5.91 Å². The van der Waals surface area contributed by atoms with Gasteiger partial charge in [-0.25, -0.2) is 0 Å². The number of hydrogen-bond donors (Lipinski definition) is 1. The van der Waals surface area contributed by atoms with Crippen molar-refractivity contribution < 1.29 is 14.3 Å². The zero-order valence-electron chi connectivity index (χ0n) is 10.9. The van der Waals surface area contributed by atoms with E-state index in [-0.39, 0.29) is 23.4 Å². The lowest BCUT2D eigenvalue weighted by molar-refractivity contribution is -0.139. The Hall–Kier alpha value is -1.20. The number of esters is 1. The minimum absolute atomic E-state index is 0.167. The van der Waals surface area contributed by atoms with Gasteiger partial charge in [0, 0.05) is 10.7 Å². The maximum absolute atomic E-state index is 11.7. The fourth-order valence-electron chi connectivity index (χ4n) is 1.34. The van der Waals surface area contributed by atoms with Gasteiger partial charge in [-0.2, -0.15) is 0 Å². The van der Waals surface area contributed by atoms with Crippen molar-refractivity contribution in [2.75, 3.05) is 23.4 Å². The van der Waals surface area contributed by atoms with Crippen LogP contribution < -0.4 is 5.32 Å². The molecule has 0 aliphatic rings. The van der Waals surface area contributed by atoms with Crippen molar-refractivity contribution >= 4 is 40.9 Å². The molecule has 1 N–H and O–H groups in total. The Balaban J connectivity index is 2.39. The molecule has 0 bridgehead atoms. The maximum Gasteiger partial charge on any atom is 0.315 e. The number of rotatable bonds is 6. The highest BCUT2D eigenvalue weighted by Gasteiger charge is 2.08. The van der Waals surface area contributed by atoms with Crippen LogP contribution in [0.4, 0.5) is 5.69 Å². The van der Waals surface area contributed by atoms with Gasteiger partial charge in [0.15, 0.2) is 0 Å². The van der Waals surface area contributed by atoms with E-state index in [0.717, 1.165) is 5.56 Å². The first kappa shape index (κ1) is 15.9. The van der Waals surface area contributed by atoms with Crippen LogP contribution >= 0.6 is 23.4 Å². The number of ether oxygens (including phenoxy) is 1. The summed E-state index contributed by atoms with van der Waals surface area (Å²) in [5.74, 6) is -0.0977. The average molecular weight is 302 g/mol. The van der Waals surface area contributed by atoms with Gasteiger partial charge < -0.3 is 10.1 Å². The lowest BCUT2D eigenvalue weighted by Crippen LogP contribution is -2.16. The molecule has 104 valence electrons. The van der Waals surface area contributed by atoms with Crippen LogP contribution in [0, 0.1) is 6.92 Å². The third-order valence-electron chi connectivity index (χ3n) is 2.23. The molecule has 0 spiro atoms. The molecular weight excluding hydrogens is 286 g/mol. The van der Waals surface area contributed by atoms with Gasteiger partial charge in [0.25, 0.3) is 0 Å². The van der Waals surface area contributed by atoms with Gasteiger partial charge in [-0.15, -0.1) is 11.8 Å². The predicted molar refractivity (Wildman–Crippen MR) is 78.8 cm³/mol. The SMILES string of the molecule is CCOC(=O)CSCC(=O)Nc1cc(Cl)ccc1C. The van der Waals surface area contributed by atoms with Crippen molar-refractivity contribution in [3.63, 3.8) is 0 Å². The second-order valence-corrected chi connectivity index (χ2v) is 5.23. The zero-order valence-corrected chi connectivity index (χ0v) is 12.4. The fraction of sp³-hybridized carbons (Fsp3) is 0.385. The highest BCUT2D eigenvalue weighted by atomic mass is 35.5. The molecule has 0 aliphatic carbocycles. The first-order valence-corrected chi connectivity index (χ1v) is 7.35. The van der Waals surface area contributed by atoms with Gasteiger partial charge in [0.05, 0.1) is 18.1 Å². The lowest BCUT2D eigenvalue weighted by atomic mass is 10.2. The van der Waals surface area contributed by atoms with Gasteiger partial charge in [-0.1, -0.05) is 17.7 Å². The smallest absolute Gasteiger partial charge is 0.315 e. The molecule has 1 amide bonds. The fourth-order valence-corrected chi connectivity index (χ4v) is 2.13. The predicted octanol–water partition coefficient (Wildman–Crippen LogP) is 2.88. The van der Waals surface area contributed by atoms with E-state index >= 15 is 0 Å². The maximum atomic E-state index is 11.7. The number of anilines is 1. The molecule has 0 aromatic heterocycles. The first-order chi connectivity index (χ1) is 9.02. The molecule has 1 rings (SSSR count). The average Bonchev–Trinajstić information content (AvgIpc) is 2.34. The van der Waals surface area contributed by atoms with E-state index in [4.69, 9.17) is 16.3 Å². The Morgan fingerprint density at radius 2 is 2.11 bits per heavy atom. The third kappa shape index (κ3) is 5.98. The quantitative estimate of drug-likeness (QED) is 0.821. The van der Waals surface area contributed by atoms with E-state index in [9.17, 15) is 9.59 Å². The number of hydrogen-bond acceptors (Lipinski definition) is 4. The normalized spacial score (nSPS) is 10.1. The number of halogens is 1. The van der Waals surface area contributed by atoms with Crippen molar-refractivity contribution in [1.82, 2.24) is 0 Å². The van der Waals surface area contributed by atoms with Gasteiger partial charge in [-0.3, -0.25) is 9.59 Å². The van der Waals surface area contributed by atoms with Crippen molar-refractivity contribution in [2.45, 2.75) is 13.8 Å². The van der Waals surface area contributed by atoms with Crippen molar-refractivity contribution in [3.05, 3.63) is 28.8 Å². The Morgan fingerprint density at radius 3 is 2.79 bits per heavy atom. The summed E-state index contributed by atoms with van der Waals surface area (Å²) in [5, 5.41) is 3.33. The van der Waals surface area contributed by atoms with Crippen molar-refractivity contribution in [1.29, 1.82) is 0 Å². The summed E-state index contributed by atoms with van der Waals surface area (Å²) in [4.78, 5) is 22.8. The Morgan fingerprint density at radius 1 is 1.37 bits per heavy atom. The number of carbonyl (C=O) groups excluding carboxylic acids is 2. The van der Waals surface area contributed by atoms with E-state index in [1.54, 1.807) is 19.1 Å². The molecular formula is C13H16ClNO3S. The van der Waals surface area contributed by atoms with Gasteiger partial charge in [0.1, 0.15) is 0 Å². The Bertz CT molecular complexity index is 465. The molecule has 0 atom stereocenters. The summed E-state index contributed by atoms with van der Waals surface area (Å²) in [6.07, 6.45) is 0. The molecule has 0 saturated heterocycles. The number of thioether (sulfide) groups is 1. The van der Waals surface area contributed by atoms with E-state index in [0.29, 0.717) is 17.3 Å². The highest BCUT2D eigenvalue weighted by molar-refractivity contribution is 8.00. The molecule has 19 heavy (non-hydrogen) atoms. The monoisotopic (exact) mass is 301 g/mol. The van der Waals surface area contributed by atoms with Crippen LogP contribution in [0.15, 0.2) is 18.2 Å². The van der Waals surface area contributed by atoms with E-state index in [1.807, 2.05) is 13.0 Å². The number of nitrogens with one attached hydrogen (secondary N) is 1. The summed E-state index contributed by atoms with van der Waals surface area (Å²) in [6.45, 7) is 3.99. The molecule has 0 radical (unpaired) electrons. The second-order valence-electron chi connectivity index (χ2n) is 3.81. The largest absolute Gasteiger partial charge is 0.465 e. The van der Waals surface area contributed by atoms with Gasteiger partial charge >= 0.3 is 5.97 Å². The molecule has 6 heteroatoms. The molecule has 4 nitrogen and oxygen atoms in total. The van der Waals surface area contributed by atoms with E-state index < -0.39 is 0 Å². The summed E-state index contributed by atoms with van der Waals surface area (Å²) >= 11 is 7.08. The molecule has 1 aromatic carbocycles. The summed E-state index contributed by atoms with van der Waals surface area (Å²) in [5.41, 5.74) is 1.63. The zero-order chi connectivity index (χ0) is 14.3. The lowest BCUT2D eigenvalue weighted by Gasteiger charge is -2.08. The first-order valence-electron chi connectivity index (χ1n) is 5.82. The van der Waals surface area contributed by atoms with Crippen molar-refractivity contribution in [3.8, 4) is 0 Å². The topological polar surface area (TPSA) is 55.4 Å². The Labute approximate surface area is 121 Å². The summed E-state index contributed by atoms with van der Waals surface area (Å²) in [7, 11) is 0. The second kappa shape index (κ2) is 8.07. The van der Waals surface area contributed by atoms with Crippen LogP contribution in [0.25, 0.3) is 0 Å². The molecule has 0 unspecified atom stereocenters. The minimum atomic E-state index is -0.306. The highest BCUT2D eigenvalue weighted by Crippen LogP contribution is 2.20. The number of amides is 1. The number of carbonyl (C=O) groups is 2. The molecule has 0 heterocycles. The number of aryl methyl sites for hydroxylation is 1. The van der Waals surface area contributed by atoms with Crippen LogP contribution in [-0.2, 0) is 14.3 Å². The van der Waals surface area contributed by atoms with E-state index in [1.165, 1.54) is 11.8 Å². The molecule has 1 aromatic rings. The minimum Gasteiger partial charge on any atom is -0.465 e. The van der Waals surface area contributed by atoms with Crippen molar-refractivity contribution in [2.24, 2.45) is 0 Å². The molecule has 0 fully saturated rings. The molecule has 0 saturated carbocycles. The van der Waals surface area contributed by atoms with Gasteiger partial charge in [-0.05, 0) is 31.5 Å². The standard InChI is InChI=1S/C13H16ClNO3S/c1-3-18-13(17)8-19-7-12(16)15-11-6-10(14)5-4-9(11)2/h4-6H,3,7-8H2,1-2H3,(H,15,16). The van der Waals surface area contributed by atoms with E-state index in [2.05, 4.69) is 5.32 Å². The van der Waals surface area contributed by atoms with Crippen LogP contribution in [0.5, 0.6) is 0 Å². The molecule has 0 aliphatic heterocycles. The van der Waals surface area contributed by atoms with Crippen LogP contribution in [0.1, 0.15) is 12.5 Å². The third-order valence-corrected chi connectivity index (χ3v) is 3.37.